The second-order valence-electron chi connectivity index (χ2n) is 7.78. The van der Waals surface area contributed by atoms with Crippen LogP contribution in [0.4, 0.5) is 10.5 Å². The van der Waals surface area contributed by atoms with Crippen molar-refractivity contribution in [1.82, 2.24) is 10.2 Å². The molecule has 156 valence electrons. The van der Waals surface area contributed by atoms with Crippen LogP contribution in [0.3, 0.4) is 0 Å². The van der Waals surface area contributed by atoms with Gasteiger partial charge in [0, 0.05) is 24.8 Å². The molecule has 7 heteroatoms. The van der Waals surface area contributed by atoms with E-state index in [9.17, 15) is 4.79 Å². The predicted molar refractivity (Wildman–Crippen MR) is 119 cm³/mol. The van der Waals surface area contributed by atoms with E-state index in [0.717, 1.165) is 37.6 Å². The molecule has 1 unspecified atom stereocenters. The molecule has 0 aromatic heterocycles. The van der Waals surface area contributed by atoms with Gasteiger partial charge in [0.25, 0.3) is 0 Å². The van der Waals surface area contributed by atoms with Crippen molar-refractivity contribution in [2.24, 2.45) is 0 Å². The molecule has 0 bridgehead atoms. The van der Waals surface area contributed by atoms with Crippen molar-refractivity contribution >= 4 is 34.9 Å². The number of halogens is 2. The second-order valence-corrected chi connectivity index (χ2v) is 8.59. The number of hydrogen-bond donors (Lipinski definition) is 2. The van der Waals surface area contributed by atoms with Crippen LogP contribution in [0.2, 0.25) is 10.0 Å². The standard InChI is InChI=1S/C22H27Cl2N3O2/c1-15(27-10-12-29-13-11-27)16-4-7-18(8-5-16)25-21(28)26-22(2,3)17-6-9-19(23)20(24)14-17/h4-9,14-15H,10-13H2,1-3H3,(H2,25,26,28). The van der Waals surface area contributed by atoms with Gasteiger partial charge < -0.3 is 15.4 Å². The minimum absolute atomic E-state index is 0.282. The molecule has 1 aliphatic rings. The van der Waals surface area contributed by atoms with E-state index in [1.54, 1.807) is 12.1 Å². The van der Waals surface area contributed by atoms with Gasteiger partial charge in [-0.3, -0.25) is 4.90 Å². The summed E-state index contributed by atoms with van der Waals surface area (Å²) in [4.78, 5) is 14.9. The molecule has 0 spiro atoms. The molecule has 2 amide bonds. The number of carbonyl (C=O) groups excluding carboxylic acids is 1. The zero-order valence-electron chi connectivity index (χ0n) is 17.0. The first kappa shape index (κ1) is 21.9. The molecular weight excluding hydrogens is 409 g/mol. The van der Waals surface area contributed by atoms with Crippen LogP contribution >= 0.6 is 23.2 Å². The molecule has 1 heterocycles. The summed E-state index contributed by atoms with van der Waals surface area (Å²) in [6.45, 7) is 9.46. The van der Waals surface area contributed by atoms with Crippen molar-refractivity contribution in [3.05, 3.63) is 63.6 Å². The van der Waals surface area contributed by atoms with E-state index in [4.69, 9.17) is 27.9 Å². The molecular formula is C22H27Cl2N3O2. The van der Waals surface area contributed by atoms with Gasteiger partial charge in [0.05, 0.1) is 28.8 Å². The molecule has 2 aromatic carbocycles. The lowest BCUT2D eigenvalue weighted by Gasteiger charge is -2.32. The highest BCUT2D eigenvalue weighted by Crippen LogP contribution is 2.28. The Morgan fingerprint density at radius 3 is 2.34 bits per heavy atom. The van der Waals surface area contributed by atoms with E-state index in [0.29, 0.717) is 16.1 Å². The summed E-state index contributed by atoms with van der Waals surface area (Å²) in [5, 5.41) is 6.83. The normalized spacial score (nSPS) is 16.3. The lowest BCUT2D eigenvalue weighted by molar-refractivity contribution is 0.0198. The Bertz CT molecular complexity index is 850. The number of carbonyl (C=O) groups is 1. The minimum Gasteiger partial charge on any atom is -0.379 e. The van der Waals surface area contributed by atoms with Gasteiger partial charge in [0.2, 0.25) is 0 Å². The van der Waals surface area contributed by atoms with Gasteiger partial charge >= 0.3 is 6.03 Å². The Kier molecular flexibility index (Phi) is 7.06. The number of rotatable bonds is 5. The summed E-state index contributed by atoms with van der Waals surface area (Å²) in [7, 11) is 0. The van der Waals surface area contributed by atoms with Crippen LogP contribution in [-0.2, 0) is 10.3 Å². The van der Waals surface area contributed by atoms with Crippen molar-refractivity contribution in [1.29, 1.82) is 0 Å². The van der Waals surface area contributed by atoms with E-state index in [1.165, 1.54) is 5.56 Å². The Labute approximate surface area is 182 Å². The van der Waals surface area contributed by atoms with Gasteiger partial charge in [-0.15, -0.1) is 0 Å². The van der Waals surface area contributed by atoms with E-state index in [1.807, 2.05) is 32.0 Å². The number of urea groups is 1. The quantitative estimate of drug-likeness (QED) is 0.656. The minimum atomic E-state index is -0.608. The highest BCUT2D eigenvalue weighted by molar-refractivity contribution is 6.42. The average molecular weight is 436 g/mol. The molecule has 1 saturated heterocycles. The second kappa shape index (κ2) is 9.35. The van der Waals surface area contributed by atoms with E-state index in [-0.39, 0.29) is 6.03 Å². The Balaban J connectivity index is 1.60. The molecule has 0 saturated carbocycles. The van der Waals surface area contributed by atoms with E-state index >= 15 is 0 Å². The van der Waals surface area contributed by atoms with Crippen LogP contribution in [0.25, 0.3) is 0 Å². The third-order valence-electron chi connectivity index (χ3n) is 5.31. The number of benzene rings is 2. The highest BCUT2D eigenvalue weighted by Gasteiger charge is 2.24. The monoisotopic (exact) mass is 435 g/mol. The topological polar surface area (TPSA) is 53.6 Å². The molecule has 2 aromatic rings. The molecule has 2 N–H and O–H groups in total. The summed E-state index contributed by atoms with van der Waals surface area (Å²) in [5.41, 5.74) is 2.22. The summed E-state index contributed by atoms with van der Waals surface area (Å²) in [6.07, 6.45) is 0. The van der Waals surface area contributed by atoms with Gasteiger partial charge in [-0.05, 0) is 56.2 Å². The van der Waals surface area contributed by atoms with Crippen LogP contribution in [-0.4, -0.2) is 37.2 Å². The third-order valence-corrected chi connectivity index (χ3v) is 6.05. The maximum atomic E-state index is 12.5. The predicted octanol–water partition coefficient (Wildman–Crippen LogP) is 5.44. The fourth-order valence-electron chi connectivity index (χ4n) is 3.42. The SMILES string of the molecule is CC(c1ccc(NC(=O)NC(C)(C)c2ccc(Cl)c(Cl)c2)cc1)N1CCOCC1. The van der Waals surface area contributed by atoms with Gasteiger partial charge in [-0.1, -0.05) is 41.4 Å². The first-order chi connectivity index (χ1) is 13.8. The van der Waals surface area contributed by atoms with Crippen molar-refractivity contribution in [3.8, 4) is 0 Å². The first-order valence-corrected chi connectivity index (χ1v) is 10.5. The molecule has 0 aliphatic carbocycles. The van der Waals surface area contributed by atoms with Crippen LogP contribution in [0.1, 0.15) is 37.9 Å². The van der Waals surface area contributed by atoms with Crippen molar-refractivity contribution in [2.75, 3.05) is 31.6 Å². The molecule has 5 nitrogen and oxygen atoms in total. The number of anilines is 1. The molecule has 0 radical (unpaired) electrons. The highest BCUT2D eigenvalue weighted by atomic mass is 35.5. The van der Waals surface area contributed by atoms with Gasteiger partial charge in [-0.2, -0.15) is 0 Å². The zero-order valence-corrected chi connectivity index (χ0v) is 18.5. The summed E-state index contributed by atoms with van der Waals surface area (Å²) in [5.74, 6) is 0. The Hall–Kier alpha value is -1.79. The Morgan fingerprint density at radius 2 is 1.72 bits per heavy atom. The first-order valence-electron chi connectivity index (χ1n) is 9.73. The third kappa shape index (κ3) is 5.64. The number of nitrogens with zero attached hydrogens (tertiary/aromatic N) is 1. The van der Waals surface area contributed by atoms with Gasteiger partial charge in [0.1, 0.15) is 0 Å². The molecule has 3 rings (SSSR count). The largest absolute Gasteiger partial charge is 0.379 e. The number of nitrogens with one attached hydrogen (secondary N) is 2. The van der Waals surface area contributed by atoms with Crippen LogP contribution in [0.5, 0.6) is 0 Å². The summed E-state index contributed by atoms with van der Waals surface area (Å²) >= 11 is 12.1. The van der Waals surface area contributed by atoms with Crippen molar-refractivity contribution in [2.45, 2.75) is 32.4 Å². The van der Waals surface area contributed by atoms with Crippen LogP contribution in [0.15, 0.2) is 42.5 Å². The summed E-state index contributed by atoms with van der Waals surface area (Å²) < 4.78 is 5.42. The number of morpholine rings is 1. The molecule has 1 aliphatic heterocycles. The average Bonchev–Trinajstić information content (AvgIpc) is 2.70. The van der Waals surface area contributed by atoms with E-state index in [2.05, 4.69) is 34.6 Å². The molecule has 1 atom stereocenters. The number of amides is 2. The fourth-order valence-corrected chi connectivity index (χ4v) is 3.72. The van der Waals surface area contributed by atoms with Crippen molar-refractivity contribution < 1.29 is 9.53 Å². The van der Waals surface area contributed by atoms with Gasteiger partial charge in [0.15, 0.2) is 0 Å². The zero-order chi connectivity index (χ0) is 21.0. The maximum Gasteiger partial charge on any atom is 0.319 e. The Morgan fingerprint density at radius 1 is 1.07 bits per heavy atom. The van der Waals surface area contributed by atoms with E-state index < -0.39 is 5.54 Å². The van der Waals surface area contributed by atoms with Gasteiger partial charge in [-0.25, -0.2) is 4.79 Å². The van der Waals surface area contributed by atoms with Crippen LogP contribution in [0, 0.1) is 0 Å². The number of hydrogen-bond acceptors (Lipinski definition) is 3. The molecule has 1 fully saturated rings. The lowest BCUT2D eigenvalue weighted by atomic mass is 9.94. The maximum absolute atomic E-state index is 12.5. The van der Waals surface area contributed by atoms with Crippen LogP contribution < -0.4 is 10.6 Å². The number of ether oxygens (including phenoxy) is 1. The lowest BCUT2D eigenvalue weighted by Crippen LogP contribution is -2.43. The fraction of sp³-hybridized carbons (Fsp3) is 0.409. The smallest absolute Gasteiger partial charge is 0.319 e. The van der Waals surface area contributed by atoms with Crippen molar-refractivity contribution in [3.63, 3.8) is 0 Å². The molecule has 29 heavy (non-hydrogen) atoms. The summed E-state index contributed by atoms with van der Waals surface area (Å²) in [6, 6.07) is 13.4.